The van der Waals surface area contributed by atoms with E-state index in [-0.39, 0.29) is 18.2 Å². The Balaban J connectivity index is 1.96. The fraction of sp³-hybridized carbons (Fsp3) is 0.500. The Morgan fingerprint density at radius 2 is 2.16 bits per heavy atom. The highest BCUT2D eigenvalue weighted by Crippen LogP contribution is 2.37. The van der Waals surface area contributed by atoms with Crippen molar-refractivity contribution < 1.29 is 14.3 Å². The van der Waals surface area contributed by atoms with Crippen LogP contribution in [0.2, 0.25) is 5.02 Å². The van der Waals surface area contributed by atoms with Crippen molar-refractivity contribution in [2.24, 2.45) is 0 Å². The Labute approximate surface area is 156 Å². The number of aromatic nitrogens is 2. The Morgan fingerprint density at radius 3 is 2.76 bits per heavy atom. The predicted molar refractivity (Wildman–Crippen MR) is 99.2 cm³/mol. The van der Waals surface area contributed by atoms with Crippen LogP contribution in [0.3, 0.4) is 0 Å². The van der Waals surface area contributed by atoms with Crippen LogP contribution in [0, 0.1) is 0 Å². The first kappa shape index (κ1) is 18.3. The number of thioether (sulfide) groups is 1. The molecule has 2 atom stereocenters. The van der Waals surface area contributed by atoms with Gasteiger partial charge in [0.15, 0.2) is 16.2 Å². The number of carbonyl (C=O) groups excluding carboxylic acids is 2. The number of Topliss-reactive ketones (excluding diaryl/α,β-unsaturated/α-hetero) is 1. The monoisotopic (exact) mass is 380 g/mol. The van der Waals surface area contributed by atoms with Crippen molar-refractivity contribution in [1.29, 1.82) is 0 Å². The number of esters is 1. The second-order valence-corrected chi connectivity index (χ2v) is 8.37. The lowest BCUT2D eigenvalue weighted by Crippen LogP contribution is -2.47. The lowest BCUT2D eigenvalue weighted by molar-refractivity contribution is -0.167. The Hall–Kier alpha value is -1.53. The van der Waals surface area contributed by atoms with Crippen molar-refractivity contribution in [3.63, 3.8) is 0 Å². The van der Waals surface area contributed by atoms with Crippen LogP contribution in [0.5, 0.6) is 0 Å². The summed E-state index contributed by atoms with van der Waals surface area (Å²) in [6.45, 7) is 7.79. The number of benzene rings is 1. The zero-order valence-electron chi connectivity index (χ0n) is 14.7. The number of rotatable bonds is 4. The first-order valence-corrected chi connectivity index (χ1v) is 9.59. The second kappa shape index (κ2) is 6.65. The lowest BCUT2D eigenvalue weighted by Gasteiger charge is -2.34. The van der Waals surface area contributed by atoms with Crippen LogP contribution in [0.25, 0.3) is 11.0 Å². The third-order valence-corrected chi connectivity index (χ3v) is 5.93. The van der Waals surface area contributed by atoms with Crippen LogP contribution < -0.4 is 0 Å². The van der Waals surface area contributed by atoms with Crippen LogP contribution in [0.4, 0.5) is 0 Å². The second-order valence-electron chi connectivity index (χ2n) is 6.86. The standard InChI is InChI=1S/C18H21ClN2O3S/c1-5-18(4)9-14(22)15(16(23)24-18)25-17-20-12-8-11(19)6-7-13(12)21(17)10(2)3/h6-8,10,15H,5,9H2,1-4H3. The lowest BCUT2D eigenvalue weighted by atomic mass is 9.92. The number of carbonyl (C=O) groups is 2. The number of imidazole rings is 1. The summed E-state index contributed by atoms with van der Waals surface area (Å²) in [5, 5.41) is 0.358. The van der Waals surface area contributed by atoms with E-state index in [0.29, 0.717) is 16.6 Å². The van der Waals surface area contributed by atoms with Gasteiger partial charge >= 0.3 is 5.97 Å². The van der Waals surface area contributed by atoms with Gasteiger partial charge in [-0.05, 0) is 45.4 Å². The van der Waals surface area contributed by atoms with Gasteiger partial charge < -0.3 is 9.30 Å². The van der Waals surface area contributed by atoms with Crippen molar-refractivity contribution in [2.45, 2.75) is 62.6 Å². The average molecular weight is 381 g/mol. The molecule has 0 radical (unpaired) electrons. The summed E-state index contributed by atoms with van der Waals surface area (Å²) in [7, 11) is 0. The van der Waals surface area contributed by atoms with E-state index in [0.717, 1.165) is 22.8 Å². The summed E-state index contributed by atoms with van der Waals surface area (Å²) in [5.41, 5.74) is 0.979. The zero-order chi connectivity index (χ0) is 18.4. The van der Waals surface area contributed by atoms with Gasteiger partial charge in [0.2, 0.25) is 0 Å². The van der Waals surface area contributed by atoms with Crippen LogP contribution >= 0.6 is 23.4 Å². The van der Waals surface area contributed by atoms with E-state index in [1.807, 2.05) is 37.5 Å². The smallest absolute Gasteiger partial charge is 0.327 e. The molecule has 1 aliphatic rings. The number of ether oxygens (including phenoxy) is 1. The van der Waals surface area contributed by atoms with Gasteiger partial charge in [-0.3, -0.25) is 9.59 Å². The molecule has 0 bridgehead atoms. The van der Waals surface area contributed by atoms with E-state index in [1.165, 1.54) is 0 Å². The van der Waals surface area contributed by atoms with E-state index in [2.05, 4.69) is 4.98 Å². The quantitative estimate of drug-likeness (QED) is 0.580. The molecule has 1 aromatic heterocycles. The number of fused-ring (bicyclic) bond motifs is 1. The summed E-state index contributed by atoms with van der Waals surface area (Å²) in [6, 6.07) is 5.63. The molecule has 2 heterocycles. The molecule has 3 rings (SSSR count). The van der Waals surface area contributed by atoms with Crippen molar-refractivity contribution >= 4 is 46.1 Å². The van der Waals surface area contributed by atoms with E-state index < -0.39 is 16.8 Å². The summed E-state index contributed by atoms with van der Waals surface area (Å²) < 4.78 is 7.55. The third kappa shape index (κ3) is 3.42. The average Bonchev–Trinajstić information content (AvgIpc) is 2.88. The molecule has 7 heteroatoms. The topological polar surface area (TPSA) is 61.2 Å². The maximum Gasteiger partial charge on any atom is 0.327 e. The van der Waals surface area contributed by atoms with E-state index in [4.69, 9.17) is 16.3 Å². The van der Waals surface area contributed by atoms with Gasteiger partial charge in [0, 0.05) is 17.5 Å². The van der Waals surface area contributed by atoms with Gasteiger partial charge in [-0.2, -0.15) is 0 Å². The molecule has 1 fully saturated rings. The highest BCUT2D eigenvalue weighted by Gasteiger charge is 2.44. The predicted octanol–water partition coefficient (Wildman–Crippen LogP) is 4.42. The maximum atomic E-state index is 12.6. The highest BCUT2D eigenvalue weighted by molar-refractivity contribution is 8.01. The Morgan fingerprint density at radius 1 is 1.44 bits per heavy atom. The number of halogens is 1. The first-order valence-electron chi connectivity index (χ1n) is 8.34. The molecule has 2 aromatic rings. The molecule has 2 unspecified atom stereocenters. The van der Waals surface area contributed by atoms with Crippen molar-refractivity contribution in [3.05, 3.63) is 23.2 Å². The fourth-order valence-electron chi connectivity index (χ4n) is 2.97. The van der Waals surface area contributed by atoms with Crippen molar-refractivity contribution in [1.82, 2.24) is 9.55 Å². The molecule has 1 aliphatic heterocycles. The first-order chi connectivity index (χ1) is 11.7. The van der Waals surface area contributed by atoms with Gasteiger partial charge in [-0.15, -0.1) is 0 Å². The normalized spacial score (nSPS) is 24.2. The third-order valence-electron chi connectivity index (χ3n) is 4.51. The Kier molecular flexibility index (Phi) is 4.86. The molecule has 0 spiro atoms. The summed E-state index contributed by atoms with van der Waals surface area (Å²) >= 11 is 7.22. The van der Waals surface area contributed by atoms with Gasteiger partial charge in [-0.1, -0.05) is 30.3 Å². The number of cyclic esters (lactones) is 1. The van der Waals surface area contributed by atoms with Gasteiger partial charge in [-0.25, -0.2) is 4.98 Å². The number of hydrogen-bond acceptors (Lipinski definition) is 5. The van der Waals surface area contributed by atoms with Crippen molar-refractivity contribution in [3.8, 4) is 0 Å². The summed E-state index contributed by atoms with van der Waals surface area (Å²) in [5.74, 6) is -0.586. The van der Waals surface area contributed by atoms with Gasteiger partial charge in [0.05, 0.1) is 11.0 Å². The minimum absolute atomic E-state index is 0.106. The van der Waals surface area contributed by atoms with Crippen LogP contribution in [0.1, 0.15) is 46.6 Å². The van der Waals surface area contributed by atoms with E-state index in [9.17, 15) is 9.59 Å². The Bertz CT molecular complexity index is 828. The molecule has 0 aliphatic carbocycles. The molecule has 1 saturated heterocycles. The number of ketones is 1. The maximum absolute atomic E-state index is 12.6. The molecular formula is C18H21ClN2O3S. The molecule has 0 N–H and O–H groups in total. The van der Waals surface area contributed by atoms with Crippen molar-refractivity contribution in [2.75, 3.05) is 0 Å². The molecule has 134 valence electrons. The molecule has 0 saturated carbocycles. The van der Waals surface area contributed by atoms with E-state index >= 15 is 0 Å². The molecule has 1 aromatic carbocycles. The summed E-state index contributed by atoms with van der Waals surface area (Å²) in [6.07, 6.45) is 0.853. The largest absolute Gasteiger partial charge is 0.458 e. The van der Waals surface area contributed by atoms with Crippen LogP contribution in [-0.2, 0) is 14.3 Å². The minimum Gasteiger partial charge on any atom is -0.458 e. The zero-order valence-corrected chi connectivity index (χ0v) is 16.3. The van der Waals surface area contributed by atoms with Gasteiger partial charge in [0.25, 0.3) is 0 Å². The minimum atomic E-state index is -0.871. The SMILES string of the molecule is CCC1(C)CC(=O)C(Sc2nc3cc(Cl)ccc3n2C(C)C)C(=O)O1. The van der Waals surface area contributed by atoms with Gasteiger partial charge in [0.1, 0.15) is 5.60 Å². The van der Waals surface area contributed by atoms with Crippen LogP contribution in [0.15, 0.2) is 23.4 Å². The number of nitrogens with zero attached hydrogens (tertiary/aromatic N) is 2. The number of hydrogen-bond donors (Lipinski definition) is 0. The molecule has 5 nitrogen and oxygen atoms in total. The molecule has 25 heavy (non-hydrogen) atoms. The molecule has 0 amide bonds. The highest BCUT2D eigenvalue weighted by atomic mass is 35.5. The van der Waals surface area contributed by atoms with E-state index in [1.54, 1.807) is 13.0 Å². The summed E-state index contributed by atoms with van der Waals surface area (Å²) in [4.78, 5) is 29.6. The molecular weight excluding hydrogens is 360 g/mol. The fourth-order valence-corrected chi connectivity index (χ4v) is 4.28. The van der Waals surface area contributed by atoms with Crippen LogP contribution in [-0.4, -0.2) is 32.2 Å².